The molecule has 1 aliphatic heterocycles. The fraction of sp³-hybridized carbons (Fsp3) is 0.138. The quantitative estimate of drug-likeness (QED) is 0.174. The van der Waals surface area contributed by atoms with E-state index in [1.165, 1.54) is 35.3 Å². The molecule has 0 saturated carbocycles. The number of aromatic amines is 1. The summed E-state index contributed by atoms with van der Waals surface area (Å²) in [5.41, 5.74) is 2.62. The monoisotopic (exact) mass is 558 g/mol. The van der Waals surface area contributed by atoms with Crippen LogP contribution < -0.4 is 21.5 Å². The van der Waals surface area contributed by atoms with E-state index in [0.717, 1.165) is 12.1 Å². The van der Waals surface area contributed by atoms with Gasteiger partial charge in [0.25, 0.3) is 17.4 Å². The van der Waals surface area contributed by atoms with Crippen molar-refractivity contribution in [2.24, 2.45) is 0 Å². The van der Waals surface area contributed by atoms with Gasteiger partial charge in [0.2, 0.25) is 0 Å². The molecule has 208 valence electrons. The van der Waals surface area contributed by atoms with E-state index in [4.69, 9.17) is 0 Å². The van der Waals surface area contributed by atoms with Gasteiger partial charge in [-0.25, -0.2) is 13.8 Å². The van der Waals surface area contributed by atoms with Gasteiger partial charge in [-0.1, -0.05) is 6.07 Å². The Balaban J connectivity index is 1.28. The molecule has 0 radical (unpaired) electrons. The molecule has 0 fully saturated rings. The molecule has 2 amide bonds. The predicted molar refractivity (Wildman–Crippen MR) is 148 cm³/mol. The first kappa shape index (κ1) is 27.2. The smallest absolute Gasteiger partial charge is 0.263 e. The van der Waals surface area contributed by atoms with Crippen LogP contribution in [0.2, 0.25) is 0 Å². The molecule has 2 aromatic heterocycles. The minimum Gasteiger partial charge on any atom is -0.380 e. The van der Waals surface area contributed by atoms with Crippen molar-refractivity contribution >= 4 is 41.1 Å². The fourth-order valence-electron chi connectivity index (χ4n) is 4.45. The molecular formula is C29H24F2N6O4. The van der Waals surface area contributed by atoms with Gasteiger partial charge in [-0.15, -0.1) is 0 Å². The standard InChI is InChI=1S/C29H24F2N6O4/c30-24-5-3-17(10-25(24)31)15-37-8-1-2-21(29(37)41)27(39)33-14-19(7-9-38)35-18-4-6-26-22(11-18)23(28(40)36-26)12-20-13-32-16-34-20/h1-6,8-13,16,19,35H,7,14-15H2,(H,32,34)(H,33,39)(H,36,40). The van der Waals surface area contributed by atoms with Crippen molar-refractivity contribution in [3.63, 3.8) is 0 Å². The van der Waals surface area contributed by atoms with Crippen LogP contribution >= 0.6 is 0 Å². The first-order valence-corrected chi connectivity index (χ1v) is 12.6. The number of nitrogens with one attached hydrogen (secondary N) is 4. The molecule has 1 atom stereocenters. The Bertz CT molecular complexity index is 1710. The number of imidazole rings is 1. The molecule has 2 aromatic carbocycles. The first-order chi connectivity index (χ1) is 19.8. The lowest BCUT2D eigenvalue weighted by Crippen LogP contribution is -2.39. The van der Waals surface area contributed by atoms with Gasteiger partial charge < -0.3 is 30.3 Å². The molecule has 0 aliphatic carbocycles. The van der Waals surface area contributed by atoms with Crippen LogP contribution in [-0.2, 0) is 16.1 Å². The summed E-state index contributed by atoms with van der Waals surface area (Å²) in [6.07, 6.45) is 6.99. The summed E-state index contributed by atoms with van der Waals surface area (Å²) in [6.45, 7) is -0.0425. The number of hydrogen-bond acceptors (Lipinski definition) is 6. The maximum Gasteiger partial charge on any atom is 0.263 e. The number of aldehydes is 1. The lowest BCUT2D eigenvalue weighted by atomic mass is 10.0. The Hall–Kier alpha value is -5.39. The average Bonchev–Trinajstić information content (AvgIpc) is 3.58. The van der Waals surface area contributed by atoms with Crippen molar-refractivity contribution in [1.29, 1.82) is 0 Å². The zero-order valence-electron chi connectivity index (χ0n) is 21.5. The highest BCUT2D eigenvalue weighted by Crippen LogP contribution is 2.35. The van der Waals surface area contributed by atoms with Gasteiger partial charge in [-0.3, -0.25) is 14.4 Å². The molecule has 0 bridgehead atoms. The van der Waals surface area contributed by atoms with Crippen LogP contribution in [0.4, 0.5) is 20.2 Å². The highest BCUT2D eigenvalue weighted by Gasteiger charge is 2.25. The lowest BCUT2D eigenvalue weighted by molar-refractivity contribution is -0.111. The Labute approximate surface area is 232 Å². The highest BCUT2D eigenvalue weighted by atomic mass is 19.2. The zero-order valence-corrected chi connectivity index (χ0v) is 21.5. The lowest BCUT2D eigenvalue weighted by Gasteiger charge is -2.19. The van der Waals surface area contributed by atoms with Gasteiger partial charge >= 0.3 is 0 Å². The number of rotatable bonds is 10. The number of H-pyrrole nitrogens is 1. The molecular weight excluding hydrogens is 534 g/mol. The van der Waals surface area contributed by atoms with E-state index in [9.17, 15) is 28.0 Å². The maximum atomic E-state index is 13.6. The van der Waals surface area contributed by atoms with Crippen molar-refractivity contribution in [3.05, 3.63) is 112 Å². The second-order valence-electron chi connectivity index (χ2n) is 9.34. The zero-order chi connectivity index (χ0) is 28.9. The van der Waals surface area contributed by atoms with Crippen LogP contribution in [-0.4, -0.2) is 45.2 Å². The van der Waals surface area contributed by atoms with E-state index in [1.54, 1.807) is 30.5 Å². The Morgan fingerprint density at radius 1 is 1.10 bits per heavy atom. The third-order valence-corrected chi connectivity index (χ3v) is 6.48. The Kier molecular flexibility index (Phi) is 7.81. The number of anilines is 2. The molecule has 10 nitrogen and oxygen atoms in total. The van der Waals surface area contributed by atoms with Crippen LogP contribution in [0, 0.1) is 11.6 Å². The summed E-state index contributed by atoms with van der Waals surface area (Å²) in [6, 6.07) is 10.9. The number of amides is 2. The number of carbonyl (C=O) groups is 3. The van der Waals surface area contributed by atoms with Crippen LogP contribution in [0.1, 0.15) is 33.6 Å². The largest absolute Gasteiger partial charge is 0.380 e. The summed E-state index contributed by atoms with van der Waals surface area (Å²) in [5, 5.41) is 8.68. The number of hydrogen-bond donors (Lipinski definition) is 4. The van der Waals surface area contributed by atoms with E-state index in [-0.39, 0.29) is 31.0 Å². The summed E-state index contributed by atoms with van der Waals surface area (Å²) in [5.74, 6) is -2.94. The Morgan fingerprint density at radius 3 is 2.71 bits per heavy atom. The van der Waals surface area contributed by atoms with Gasteiger partial charge in [0, 0.05) is 36.1 Å². The van der Waals surface area contributed by atoms with Crippen LogP contribution in [0.3, 0.4) is 0 Å². The SMILES string of the molecule is O=CCC(CNC(=O)c1cccn(Cc2ccc(F)c(F)c2)c1=O)Nc1ccc2c(c1)C(=Cc1cnc[nH]1)C(=O)N2. The second-order valence-corrected chi connectivity index (χ2v) is 9.34. The van der Waals surface area contributed by atoms with E-state index in [0.29, 0.717) is 40.1 Å². The first-order valence-electron chi connectivity index (χ1n) is 12.6. The molecule has 1 aliphatic rings. The highest BCUT2D eigenvalue weighted by molar-refractivity contribution is 6.35. The van der Waals surface area contributed by atoms with Gasteiger partial charge in [0.1, 0.15) is 11.8 Å². The molecule has 3 heterocycles. The van der Waals surface area contributed by atoms with Crippen molar-refractivity contribution in [1.82, 2.24) is 19.9 Å². The van der Waals surface area contributed by atoms with Gasteiger partial charge in [-0.2, -0.15) is 0 Å². The number of carbonyl (C=O) groups excluding carboxylic acids is 3. The predicted octanol–water partition coefficient (Wildman–Crippen LogP) is 3.19. The number of benzene rings is 2. The van der Waals surface area contributed by atoms with Crippen LogP contribution in [0.5, 0.6) is 0 Å². The minimum absolute atomic E-state index is 0.0141. The summed E-state index contributed by atoms with van der Waals surface area (Å²) in [7, 11) is 0. The van der Waals surface area contributed by atoms with Crippen molar-refractivity contribution in [2.75, 3.05) is 17.2 Å². The second kappa shape index (κ2) is 11.8. The average molecular weight is 559 g/mol. The Morgan fingerprint density at radius 2 is 1.95 bits per heavy atom. The van der Waals surface area contributed by atoms with E-state index in [2.05, 4.69) is 25.9 Å². The van der Waals surface area contributed by atoms with Crippen molar-refractivity contribution in [2.45, 2.75) is 19.0 Å². The summed E-state index contributed by atoms with van der Waals surface area (Å²) < 4.78 is 28.0. The third kappa shape index (κ3) is 6.11. The maximum absolute atomic E-state index is 13.6. The molecule has 4 N–H and O–H groups in total. The normalized spacial score (nSPS) is 13.9. The molecule has 0 saturated heterocycles. The molecule has 41 heavy (non-hydrogen) atoms. The molecule has 0 spiro atoms. The number of nitrogens with zero attached hydrogens (tertiary/aromatic N) is 2. The summed E-state index contributed by atoms with van der Waals surface area (Å²) >= 11 is 0. The number of fused-ring (bicyclic) bond motifs is 1. The number of halogens is 2. The molecule has 1 unspecified atom stereocenters. The van der Waals surface area contributed by atoms with Crippen molar-refractivity contribution in [3.8, 4) is 0 Å². The molecule has 12 heteroatoms. The summed E-state index contributed by atoms with van der Waals surface area (Å²) in [4.78, 5) is 56.6. The van der Waals surface area contributed by atoms with Gasteiger partial charge in [0.05, 0.1) is 36.4 Å². The van der Waals surface area contributed by atoms with Crippen molar-refractivity contribution < 1.29 is 23.2 Å². The van der Waals surface area contributed by atoms with E-state index in [1.807, 2.05) is 0 Å². The minimum atomic E-state index is -1.03. The third-order valence-electron chi connectivity index (χ3n) is 6.48. The van der Waals surface area contributed by atoms with E-state index >= 15 is 0 Å². The fourth-order valence-corrected chi connectivity index (χ4v) is 4.45. The van der Waals surface area contributed by atoms with Gasteiger partial charge in [-0.05, 0) is 54.1 Å². The molecule has 5 rings (SSSR count). The molecule has 4 aromatic rings. The van der Waals surface area contributed by atoms with E-state index < -0.39 is 29.1 Å². The van der Waals surface area contributed by atoms with Crippen LogP contribution in [0.25, 0.3) is 11.6 Å². The number of aromatic nitrogens is 3. The van der Waals surface area contributed by atoms with Gasteiger partial charge in [0.15, 0.2) is 11.6 Å². The van der Waals surface area contributed by atoms with Crippen LogP contribution in [0.15, 0.2) is 72.0 Å². The number of pyridine rings is 1. The topological polar surface area (TPSA) is 138 Å².